The van der Waals surface area contributed by atoms with Gasteiger partial charge in [0.05, 0.1) is 18.4 Å². The Bertz CT molecular complexity index is 1000. The monoisotopic (exact) mass is 420 g/mol. The van der Waals surface area contributed by atoms with Gasteiger partial charge in [-0.25, -0.2) is 18.2 Å². The largest absolute Gasteiger partial charge is 0.465 e. The number of piperidine rings is 1. The third kappa shape index (κ3) is 4.33. The lowest BCUT2D eigenvalue weighted by Gasteiger charge is -2.30. The van der Waals surface area contributed by atoms with E-state index in [-0.39, 0.29) is 35.5 Å². The minimum atomic E-state index is -3.68. The first-order valence-electron chi connectivity index (χ1n) is 9.22. The molecule has 3 rings (SSSR count). The third-order valence-corrected chi connectivity index (χ3v) is 6.88. The Morgan fingerprint density at radius 3 is 2.45 bits per heavy atom. The first-order chi connectivity index (χ1) is 13.7. The summed E-state index contributed by atoms with van der Waals surface area (Å²) in [6.07, 6.45) is 2.27. The molecule has 156 valence electrons. The summed E-state index contributed by atoms with van der Waals surface area (Å²) in [6.45, 7) is 2.20. The maximum absolute atomic E-state index is 12.8. The van der Waals surface area contributed by atoms with Crippen molar-refractivity contribution in [3.05, 3.63) is 41.9 Å². The molecule has 10 heteroatoms. The van der Waals surface area contributed by atoms with E-state index in [2.05, 4.69) is 10.3 Å². The number of nitrogens with zero attached hydrogens (tertiary/aromatic N) is 3. The highest BCUT2D eigenvalue weighted by Gasteiger charge is 2.33. The third-order valence-electron chi connectivity index (χ3n) is 5.11. The molecule has 29 heavy (non-hydrogen) atoms. The van der Waals surface area contributed by atoms with Crippen molar-refractivity contribution in [2.45, 2.75) is 24.8 Å². The number of hydrogen-bond donors (Lipinski definition) is 1. The smallest absolute Gasteiger partial charge is 0.339 e. The van der Waals surface area contributed by atoms with Gasteiger partial charge in [0, 0.05) is 32.3 Å². The molecule has 1 aromatic heterocycles. The van der Waals surface area contributed by atoms with Gasteiger partial charge in [0.15, 0.2) is 5.03 Å². The van der Waals surface area contributed by atoms with Crippen molar-refractivity contribution in [2.75, 3.05) is 25.5 Å². The Labute approximate surface area is 169 Å². The predicted octanol–water partition coefficient (Wildman–Crippen LogP) is 1.55. The fourth-order valence-corrected chi connectivity index (χ4v) is 4.75. The zero-order valence-electron chi connectivity index (χ0n) is 16.6. The summed E-state index contributed by atoms with van der Waals surface area (Å²) in [6, 6.07) is 6.61. The highest BCUT2D eigenvalue weighted by atomic mass is 32.2. The molecule has 0 bridgehead atoms. The van der Waals surface area contributed by atoms with Gasteiger partial charge < -0.3 is 14.6 Å². The van der Waals surface area contributed by atoms with Crippen LogP contribution in [0.5, 0.6) is 0 Å². The van der Waals surface area contributed by atoms with Crippen molar-refractivity contribution < 1.29 is 22.7 Å². The first-order valence-corrected chi connectivity index (χ1v) is 10.7. The zero-order chi connectivity index (χ0) is 21.2. The molecule has 2 aromatic rings. The van der Waals surface area contributed by atoms with Crippen LogP contribution in [-0.4, -0.2) is 54.3 Å². The molecule has 0 atom stereocenters. The molecular weight excluding hydrogens is 396 g/mol. The molecule has 0 unspecified atom stereocenters. The fourth-order valence-electron chi connectivity index (χ4n) is 3.26. The minimum absolute atomic E-state index is 0.0207. The van der Waals surface area contributed by atoms with E-state index < -0.39 is 16.0 Å². The number of imidazole rings is 1. The van der Waals surface area contributed by atoms with Gasteiger partial charge in [-0.15, -0.1) is 0 Å². The van der Waals surface area contributed by atoms with Crippen molar-refractivity contribution in [1.29, 1.82) is 0 Å². The summed E-state index contributed by atoms with van der Waals surface area (Å²) in [5, 5.41) is 2.79. The van der Waals surface area contributed by atoms with Crippen molar-refractivity contribution >= 4 is 27.6 Å². The molecule has 0 saturated carbocycles. The number of para-hydroxylation sites is 1. The fraction of sp³-hybridized carbons (Fsp3) is 0.421. The van der Waals surface area contributed by atoms with Gasteiger partial charge in [-0.05, 0) is 31.9 Å². The Morgan fingerprint density at radius 1 is 1.21 bits per heavy atom. The lowest BCUT2D eigenvalue weighted by Crippen LogP contribution is -2.41. The number of aromatic nitrogens is 2. The molecule has 1 N–H and O–H groups in total. The average Bonchev–Trinajstić information content (AvgIpc) is 3.07. The number of hydrogen-bond acceptors (Lipinski definition) is 6. The van der Waals surface area contributed by atoms with Gasteiger partial charge in [0.2, 0.25) is 5.91 Å². The van der Waals surface area contributed by atoms with Crippen LogP contribution in [0.1, 0.15) is 29.0 Å². The summed E-state index contributed by atoms with van der Waals surface area (Å²) in [4.78, 5) is 28.6. The number of aryl methyl sites for hydroxylation is 2. The van der Waals surface area contributed by atoms with Gasteiger partial charge in [-0.2, -0.15) is 4.31 Å². The van der Waals surface area contributed by atoms with E-state index in [1.165, 1.54) is 17.6 Å². The number of rotatable bonds is 5. The number of amides is 1. The second-order valence-corrected chi connectivity index (χ2v) is 8.83. The van der Waals surface area contributed by atoms with Gasteiger partial charge >= 0.3 is 5.97 Å². The van der Waals surface area contributed by atoms with Crippen LogP contribution in [0.4, 0.5) is 5.69 Å². The SMILES string of the molecule is COC(=O)c1ccccc1NC(=O)C1CCN(S(=O)(=O)c2cn(C)c(C)n2)CC1. The number of ether oxygens (including phenoxy) is 1. The number of carbonyl (C=O) groups excluding carboxylic acids is 2. The van der Waals surface area contributed by atoms with Gasteiger partial charge in [-0.3, -0.25) is 4.79 Å². The normalized spacial score (nSPS) is 15.8. The lowest BCUT2D eigenvalue weighted by molar-refractivity contribution is -0.120. The first kappa shape index (κ1) is 21.0. The quantitative estimate of drug-likeness (QED) is 0.735. The molecule has 9 nitrogen and oxygen atoms in total. The van der Waals surface area contributed by atoms with E-state index in [0.717, 1.165) is 0 Å². The van der Waals surface area contributed by atoms with E-state index in [4.69, 9.17) is 4.74 Å². The van der Waals surface area contributed by atoms with E-state index in [1.807, 2.05) is 0 Å². The van der Waals surface area contributed by atoms with E-state index in [9.17, 15) is 18.0 Å². The van der Waals surface area contributed by atoms with Crippen molar-refractivity contribution in [3.63, 3.8) is 0 Å². The molecule has 1 aliphatic heterocycles. The topological polar surface area (TPSA) is 111 Å². The molecular formula is C19H24N4O5S. The Morgan fingerprint density at radius 2 is 1.86 bits per heavy atom. The van der Waals surface area contributed by atoms with Gasteiger partial charge in [-0.1, -0.05) is 12.1 Å². The summed E-state index contributed by atoms with van der Waals surface area (Å²) in [5.41, 5.74) is 0.650. The average molecular weight is 420 g/mol. The standard InChI is InChI=1S/C19H24N4O5S/c1-13-20-17(12-22(13)2)29(26,27)23-10-8-14(9-11-23)18(24)21-16-7-5-4-6-15(16)19(25)28-3/h4-7,12,14H,8-11H2,1-3H3,(H,21,24). The molecule has 1 fully saturated rings. The summed E-state index contributed by atoms with van der Waals surface area (Å²) in [7, 11) is -0.666. The van der Waals surface area contributed by atoms with Crippen LogP contribution in [0.2, 0.25) is 0 Å². The van der Waals surface area contributed by atoms with Crippen molar-refractivity contribution in [1.82, 2.24) is 13.9 Å². The number of benzene rings is 1. The van der Waals surface area contributed by atoms with Crippen molar-refractivity contribution in [3.8, 4) is 0 Å². The van der Waals surface area contributed by atoms with Crippen molar-refractivity contribution in [2.24, 2.45) is 13.0 Å². The number of anilines is 1. The Balaban J connectivity index is 1.65. The highest BCUT2D eigenvalue weighted by molar-refractivity contribution is 7.89. The molecule has 1 amide bonds. The van der Waals surface area contributed by atoms with E-state index in [1.54, 1.807) is 42.8 Å². The van der Waals surface area contributed by atoms with Gasteiger partial charge in [0.1, 0.15) is 5.82 Å². The summed E-state index contributed by atoms with van der Waals surface area (Å²) >= 11 is 0. The molecule has 0 aliphatic carbocycles. The molecule has 0 spiro atoms. The Kier molecular flexibility index (Phi) is 6.04. The number of nitrogens with one attached hydrogen (secondary N) is 1. The van der Waals surface area contributed by atoms with Crippen LogP contribution in [0.15, 0.2) is 35.5 Å². The van der Waals surface area contributed by atoms with Crippen LogP contribution in [0.25, 0.3) is 0 Å². The van der Waals surface area contributed by atoms with Gasteiger partial charge in [0.25, 0.3) is 10.0 Å². The second-order valence-electron chi connectivity index (χ2n) is 6.94. The zero-order valence-corrected chi connectivity index (χ0v) is 17.4. The number of sulfonamides is 1. The lowest BCUT2D eigenvalue weighted by atomic mass is 9.97. The number of methoxy groups -OCH3 is 1. The Hall–Kier alpha value is -2.72. The second kappa shape index (κ2) is 8.34. The number of carbonyl (C=O) groups is 2. The molecule has 2 heterocycles. The number of esters is 1. The van der Waals surface area contributed by atoms with Crippen LogP contribution in [0.3, 0.4) is 0 Å². The van der Waals surface area contributed by atoms with Crippen LogP contribution < -0.4 is 5.32 Å². The maximum atomic E-state index is 12.8. The van der Waals surface area contributed by atoms with Crippen LogP contribution in [-0.2, 0) is 26.6 Å². The molecule has 0 radical (unpaired) electrons. The van der Waals surface area contributed by atoms with Crippen LogP contribution >= 0.6 is 0 Å². The predicted molar refractivity (Wildman–Crippen MR) is 106 cm³/mol. The summed E-state index contributed by atoms with van der Waals surface area (Å²) in [5.74, 6) is -0.515. The molecule has 1 aliphatic rings. The van der Waals surface area contributed by atoms with E-state index in [0.29, 0.717) is 24.4 Å². The molecule has 1 saturated heterocycles. The maximum Gasteiger partial charge on any atom is 0.339 e. The molecule has 1 aromatic carbocycles. The minimum Gasteiger partial charge on any atom is -0.465 e. The highest BCUT2D eigenvalue weighted by Crippen LogP contribution is 2.25. The van der Waals surface area contributed by atoms with Crippen LogP contribution in [0, 0.1) is 12.8 Å². The summed E-state index contributed by atoms with van der Waals surface area (Å²) < 4.78 is 33.3. The van der Waals surface area contributed by atoms with E-state index >= 15 is 0 Å².